The molecule has 2 aromatic rings. The van der Waals surface area contributed by atoms with Gasteiger partial charge in [0.2, 0.25) is 5.91 Å². The Balaban J connectivity index is 1.23. The molecule has 1 saturated heterocycles. The summed E-state index contributed by atoms with van der Waals surface area (Å²) in [4.78, 5) is 26.8. The van der Waals surface area contributed by atoms with Gasteiger partial charge in [0.1, 0.15) is 12.4 Å². The molecule has 0 aromatic heterocycles. The molecule has 1 unspecified atom stereocenters. The van der Waals surface area contributed by atoms with Crippen LogP contribution in [0.25, 0.3) is 0 Å². The highest BCUT2D eigenvalue weighted by Gasteiger charge is 2.25. The highest BCUT2D eigenvalue weighted by atomic mass is 16.5. The summed E-state index contributed by atoms with van der Waals surface area (Å²) in [5.41, 5.74) is 4.78. The number of hydrogen-bond acceptors (Lipinski definition) is 6. The van der Waals surface area contributed by atoms with Gasteiger partial charge < -0.3 is 15.5 Å². The van der Waals surface area contributed by atoms with E-state index < -0.39 is 0 Å². The van der Waals surface area contributed by atoms with Gasteiger partial charge in [0, 0.05) is 19.5 Å². The van der Waals surface area contributed by atoms with Crippen LogP contribution in [0.5, 0.6) is 0 Å². The van der Waals surface area contributed by atoms with Gasteiger partial charge in [-0.05, 0) is 73.4 Å². The van der Waals surface area contributed by atoms with Gasteiger partial charge in [0.25, 0.3) is 0 Å². The van der Waals surface area contributed by atoms with Crippen molar-refractivity contribution in [1.82, 2.24) is 4.90 Å². The van der Waals surface area contributed by atoms with Crippen LogP contribution >= 0.6 is 0 Å². The van der Waals surface area contributed by atoms with Crippen molar-refractivity contribution in [2.24, 2.45) is 22.7 Å². The Kier molecular flexibility index (Phi) is 7.47. The number of piperidine rings is 1. The molecule has 2 heterocycles. The van der Waals surface area contributed by atoms with Crippen LogP contribution in [-0.4, -0.2) is 42.3 Å². The predicted octanol–water partition coefficient (Wildman–Crippen LogP) is 2.78. The van der Waals surface area contributed by atoms with Crippen LogP contribution in [0.1, 0.15) is 53.2 Å². The van der Waals surface area contributed by atoms with Crippen molar-refractivity contribution in [2.75, 3.05) is 18.1 Å². The van der Waals surface area contributed by atoms with Crippen molar-refractivity contribution in [3.8, 4) is 0 Å². The van der Waals surface area contributed by atoms with Crippen LogP contribution in [-0.2, 0) is 28.8 Å². The van der Waals surface area contributed by atoms with E-state index >= 15 is 0 Å². The zero-order chi connectivity index (χ0) is 24.1. The Hall–Kier alpha value is -3.39. The quantitative estimate of drug-likeness (QED) is 0.215. The van der Waals surface area contributed by atoms with Crippen LogP contribution in [0, 0.1) is 5.92 Å². The topological polar surface area (TPSA) is 114 Å². The molecular weight excluding hydrogens is 430 g/mol. The molecule has 4 rings (SSSR count). The van der Waals surface area contributed by atoms with Gasteiger partial charge in [-0.2, -0.15) is 5.10 Å². The third kappa shape index (κ3) is 5.75. The molecule has 0 radical (unpaired) electrons. The summed E-state index contributed by atoms with van der Waals surface area (Å²) in [6.07, 6.45) is 6.58. The maximum absolute atomic E-state index is 12.8. The van der Waals surface area contributed by atoms with E-state index in [0.29, 0.717) is 17.9 Å². The van der Waals surface area contributed by atoms with E-state index in [-0.39, 0.29) is 18.0 Å². The summed E-state index contributed by atoms with van der Waals surface area (Å²) < 4.78 is 5.31. The molecule has 34 heavy (non-hydrogen) atoms. The molecule has 1 amide bonds. The maximum Gasteiger partial charge on any atom is 0.338 e. The molecule has 8 heteroatoms. The average molecular weight is 464 g/mol. The zero-order valence-corrected chi connectivity index (χ0v) is 19.7. The smallest absolute Gasteiger partial charge is 0.338 e. The lowest BCUT2D eigenvalue weighted by atomic mass is 9.89. The Morgan fingerprint density at radius 1 is 1.18 bits per heavy atom. The van der Waals surface area contributed by atoms with Crippen LogP contribution in [0.4, 0.5) is 5.69 Å². The number of carbonyl (C=O) groups is 2. The molecule has 0 saturated carbocycles. The molecule has 4 N–H and O–H groups in total. The number of benzene rings is 2. The highest BCUT2D eigenvalue weighted by molar-refractivity contribution is 5.92. The molecule has 2 aliphatic heterocycles. The van der Waals surface area contributed by atoms with E-state index in [1.807, 2.05) is 48.2 Å². The molecule has 8 nitrogen and oxygen atoms in total. The number of anilines is 1. The Morgan fingerprint density at radius 3 is 2.59 bits per heavy atom. The molecular formula is C26H33N5O3. The number of hydrazone groups is 1. The summed E-state index contributed by atoms with van der Waals surface area (Å²) in [7, 11) is 0. The monoisotopic (exact) mass is 463 g/mol. The number of hydrazine groups is 1. The minimum Gasteiger partial charge on any atom is -0.459 e. The summed E-state index contributed by atoms with van der Waals surface area (Å²) in [6, 6.07) is 13.6. The third-order valence-electron chi connectivity index (χ3n) is 6.79. The highest BCUT2D eigenvalue weighted by Crippen LogP contribution is 2.26. The average Bonchev–Trinajstić information content (AvgIpc) is 2.83. The molecule has 180 valence electrons. The summed E-state index contributed by atoms with van der Waals surface area (Å²) in [6.45, 7) is 3.54. The van der Waals surface area contributed by atoms with Gasteiger partial charge in [-0.3, -0.25) is 9.80 Å². The minimum atomic E-state index is -0.212. The number of cyclic esters (lactones) is 1. The minimum absolute atomic E-state index is 0.0592. The number of nitrogens with two attached hydrogens (primary N) is 2. The number of fused-ring (bicyclic) bond motifs is 1. The fourth-order valence-corrected chi connectivity index (χ4v) is 4.82. The largest absolute Gasteiger partial charge is 0.459 e. The number of ether oxygens (including phenoxy) is 1. The lowest BCUT2D eigenvalue weighted by Gasteiger charge is -2.32. The second-order valence-electron chi connectivity index (χ2n) is 9.29. The first-order chi connectivity index (χ1) is 16.4. The first kappa shape index (κ1) is 23.8. The van der Waals surface area contributed by atoms with E-state index in [4.69, 9.17) is 16.4 Å². The number of aryl methyl sites for hydroxylation is 1. The van der Waals surface area contributed by atoms with Crippen molar-refractivity contribution in [2.45, 2.75) is 51.6 Å². The van der Waals surface area contributed by atoms with E-state index in [1.165, 1.54) is 16.9 Å². The normalized spacial score (nSPS) is 18.6. The molecule has 0 bridgehead atoms. The fourth-order valence-electron chi connectivity index (χ4n) is 4.82. The first-order valence-electron chi connectivity index (χ1n) is 11.9. The van der Waals surface area contributed by atoms with Gasteiger partial charge in [0.05, 0.1) is 17.7 Å². The van der Waals surface area contributed by atoms with Crippen LogP contribution in [0.2, 0.25) is 0 Å². The van der Waals surface area contributed by atoms with Gasteiger partial charge >= 0.3 is 5.97 Å². The van der Waals surface area contributed by atoms with Crippen molar-refractivity contribution >= 4 is 23.9 Å². The van der Waals surface area contributed by atoms with E-state index in [2.05, 4.69) is 11.2 Å². The van der Waals surface area contributed by atoms with Gasteiger partial charge in [-0.15, -0.1) is 0 Å². The SMILES string of the molecule is CC1Cc2cc(CCC3CCN(C(=O)Cc4ccc(N(N)/C=N\N)cc4)CC3)ccc2C(=O)O1. The third-order valence-corrected chi connectivity index (χ3v) is 6.79. The second kappa shape index (κ2) is 10.7. The van der Waals surface area contributed by atoms with Gasteiger partial charge in [-0.25, -0.2) is 10.6 Å². The van der Waals surface area contributed by atoms with Crippen molar-refractivity contribution in [3.63, 3.8) is 0 Å². The number of likely N-dealkylation sites (tertiary alicyclic amines) is 1. The summed E-state index contributed by atoms with van der Waals surface area (Å²) in [5, 5.41) is 4.73. The van der Waals surface area contributed by atoms with Crippen LogP contribution < -0.4 is 16.7 Å². The van der Waals surface area contributed by atoms with E-state index in [9.17, 15) is 9.59 Å². The van der Waals surface area contributed by atoms with E-state index in [0.717, 1.165) is 62.0 Å². The zero-order valence-electron chi connectivity index (χ0n) is 19.7. The lowest BCUT2D eigenvalue weighted by Crippen LogP contribution is -2.39. The standard InChI is InChI=1S/C26H33N5O3/c1-18-14-22-15-20(6-9-24(22)26(33)34-18)3-2-19-10-12-30(13-11-19)25(32)16-21-4-7-23(8-5-21)31(28)17-29-27/h4-9,15,17-19H,2-3,10-14,16,27-28H2,1H3/b29-17-. The Bertz CT molecular complexity index is 1040. The number of esters is 1. The molecule has 2 aliphatic rings. The second-order valence-corrected chi connectivity index (χ2v) is 9.29. The van der Waals surface area contributed by atoms with Gasteiger partial charge in [0.15, 0.2) is 0 Å². The number of hydrogen-bond donors (Lipinski definition) is 2. The van der Waals surface area contributed by atoms with Crippen molar-refractivity contribution in [1.29, 1.82) is 0 Å². The molecule has 1 atom stereocenters. The van der Waals surface area contributed by atoms with Crippen LogP contribution in [0.3, 0.4) is 0 Å². The molecule has 1 fully saturated rings. The molecule has 0 aliphatic carbocycles. The van der Waals surface area contributed by atoms with Crippen LogP contribution in [0.15, 0.2) is 47.6 Å². The predicted molar refractivity (Wildman–Crippen MR) is 132 cm³/mol. The van der Waals surface area contributed by atoms with E-state index in [1.54, 1.807) is 0 Å². The Morgan fingerprint density at radius 2 is 1.88 bits per heavy atom. The molecule has 0 spiro atoms. The Labute approximate surface area is 200 Å². The molecule has 2 aromatic carbocycles. The number of nitrogens with zero attached hydrogens (tertiary/aromatic N) is 3. The summed E-state index contributed by atoms with van der Waals surface area (Å²) in [5.74, 6) is 11.5. The maximum atomic E-state index is 12.8. The number of carbonyl (C=O) groups excluding carboxylic acids is 2. The van der Waals surface area contributed by atoms with Crippen molar-refractivity contribution in [3.05, 3.63) is 64.7 Å². The first-order valence-corrected chi connectivity index (χ1v) is 11.9. The number of rotatable bonds is 7. The summed E-state index contributed by atoms with van der Waals surface area (Å²) >= 11 is 0. The van der Waals surface area contributed by atoms with Gasteiger partial charge in [-0.1, -0.05) is 24.3 Å². The fraction of sp³-hybridized carbons (Fsp3) is 0.423. The van der Waals surface area contributed by atoms with Crippen molar-refractivity contribution < 1.29 is 14.3 Å². The lowest BCUT2D eigenvalue weighted by molar-refractivity contribution is -0.131. The number of amides is 1.